The highest BCUT2D eigenvalue weighted by atomic mass is 16.5. The molecular formula is C27H27NO5. The Kier molecular flexibility index (Phi) is 6.36. The van der Waals surface area contributed by atoms with Crippen LogP contribution in [0.5, 0.6) is 5.75 Å². The van der Waals surface area contributed by atoms with Crippen molar-refractivity contribution in [2.24, 2.45) is 0 Å². The van der Waals surface area contributed by atoms with Crippen LogP contribution < -0.4 is 4.74 Å². The Bertz CT molecular complexity index is 1160. The van der Waals surface area contributed by atoms with E-state index in [1.54, 1.807) is 36.4 Å². The minimum atomic E-state index is -0.733. The minimum absolute atomic E-state index is 0.0630. The van der Waals surface area contributed by atoms with Crippen molar-refractivity contribution in [1.29, 1.82) is 0 Å². The van der Waals surface area contributed by atoms with Crippen LogP contribution in [0.15, 0.2) is 76.9 Å². The summed E-state index contributed by atoms with van der Waals surface area (Å²) < 4.78 is 10.9. The molecule has 1 unspecified atom stereocenters. The number of ketones is 1. The van der Waals surface area contributed by atoms with E-state index in [4.69, 9.17) is 9.15 Å². The number of hydrogen-bond acceptors (Lipinski definition) is 5. The molecule has 0 radical (unpaired) electrons. The first-order valence-corrected chi connectivity index (χ1v) is 11.0. The van der Waals surface area contributed by atoms with Gasteiger partial charge in [0, 0.05) is 5.56 Å². The molecule has 1 N–H and O–H groups in total. The lowest BCUT2D eigenvalue weighted by Gasteiger charge is -2.25. The molecule has 6 heteroatoms. The Morgan fingerprint density at radius 1 is 1.06 bits per heavy atom. The zero-order valence-corrected chi connectivity index (χ0v) is 18.9. The Morgan fingerprint density at radius 3 is 2.33 bits per heavy atom. The quantitative estimate of drug-likeness (QED) is 0.298. The van der Waals surface area contributed by atoms with E-state index in [-0.39, 0.29) is 17.9 Å². The largest absolute Gasteiger partial charge is 0.507 e. The molecule has 6 nitrogen and oxygen atoms in total. The van der Waals surface area contributed by atoms with E-state index in [0.29, 0.717) is 29.6 Å². The van der Waals surface area contributed by atoms with Gasteiger partial charge in [0.05, 0.1) is 31.0 Å². The fourth-order valence-electron chi connectivity index (χ4n) is 4.05. The third kappa shape index (κ3) is 4.42. The molecule has 0 aliphatic carbocycles. The molecule has 1 aliphatic heterocycles. The molecule has 0 spiro atoms. The van der Waals surface area contributed by atoms with E-state index in [9.17, 15) is 14.7 Å². The maximum atomic E-state index is 13.1. The Labute approximate surface area is 193 Å². The summed E-state index contributed by atoms with van der Waals surface area (Å²) in [5.41, 5.74) is 2.40. The van der Waals surface area contributed by atoms with Gasteiger partial charge in [0.2, 0.25) is 0 Å². The number of amides is 1. The summed E-state index contributed by atoms with van der Waals surface area (Å²) in [7, 11) is 0. The second-order valence-electron chi connectivity index (χ2n) is 8.29. The van der Waals surface area contributed by atoms with Crippen LogP contribution in [-0.4, -0.2) is 28.3 Å². The van der Waals surface area contributed by atoms with E-state index in [0.717, 1.165) is 11.1 Å². The van der Waals surface area contributed by atoms with Gasteiger partial charge in [-0.1, -0.05) is 38.1 Å². The number of carbonyl (C=O) groups is 2. The number of nitrogens with zero attached hydrogens (tertiary/aromatic N) is 1. The zero-order valence-electron chi connectivity index (χ0n) is 18.9. The van der Waals surface area contributed by atoms with Crippen molar-refractivity contribution in [3.8, 4) is 5.75 Å². The van der Waals surface area contributed by atoms with Gasteiger partial charge >= 0.3 is 0 Å². The van der Waals surface area contributed by atoms with E-state index >= 15 is 0 Å². The van der Waals surface area contributed by atoms with Crippen LogP contribution in [0.25, 0.3) is 5.76 Å². The van der Waals surface area contributed by atoms with Crippen molar-refractivity contribution in [2.45, 2.75) is 39.3 Å². The van der Waals surface area contributed by atoms with Crippen molar-refractivity contribution in [3.05, 3.63) is 95.0 Å². The Hall–Kier alpha value is -3.80. The first kappa shape index (κ1) is 22.4. The van der Waals surface area contributed by atoms with Crippen LogP contribution in [-0.2, 0) is 16.1 Å². The lowest BCUT2D eigenvalue weighted by molar-refractivity contribution is -0.140. The summed E-state index contributed by atoms with van der Waals surface area (Å²) in [6.07, 6.45) is 1.53. The van der Waals surface area contributed by atoms with Gasteiger partial charge in [-0.05, 0) is 60.4 Å². The zero-order chi connectivity index (χ0) is 23.5. The molecule has 4 rings (SSSR count). The van der Waals surface area contributed by atoms with Crippen molar-refractivity contribution in [1.82, 2.24) is 4.90 Å². The number of benzene rings is 2. The van der Waals surface area contributed by atoms with Crippen LogP contribution in [0.4, 0.5) is 0 Å². The van der Waals surface area contributed by atoms with Crippen LogP contribution in [0, 0.1) is 0 Å². The SMILES string of the molecule is CCOc1ccc(C(O)=C2C(=O)C(=O)N(Cc3ccco3)C2c2ccc(C(C)C)cc2)cc1. The van der Waals surface area contributed by atoms with Gasteiger partial charge in [0.1, 0.15) is 17.3 Å². The van der Waals surface area contributed by atoms with Crippen molar-refractivity contribution >= 4 is 17.4 Å². The lowest BCUT2D eigenvalue weighted by atomic mass is 9.93. The second-order valence-corrected chi connectivity index (χ2v) is 8.29. The normalized spacial score (nSPS) is 17.7. The van der Waals surface area contributed by atoms with Crippen molar-refractivity contribution in [2.75, 3.05) is 6.61 Å². The smallest absolute Gasteiger partial charge is 0.296 e. The number of Topliss-reactive ketones (excluding diaryl/α,β-unsaturated/α-hetero) is 1. The molecule has 170 valence electrons. The van der Waals surface area contributed by atoms with Gasteiger partial charge in [-0.2, -0.15) is 0 Å². The average Bonchev–Trinajstić information content (AvgIpc) is 3.42. The number of hydrogen-bond donors (Lipinski definition) is 1. The standard InChI is InChI=1S/C27H27NO5/c1-4-32-21-13-11-20(12-14-21)25(29)23-24(19-9-7-18(8-10-19)17(2)3)28(27(31)26(23)30)16-22-6-5-15-33-22/h5-15,17,24,29H,4,16H2,1-3H3. The molecular weight excluding hydrogens is 418 g/mol. The summed E-state index contributed by atoms with van der Waals surface area (Å²) >= 11 is 0. The third-order valence-corrected chi connectivity index (χ3v) is 5.80. The fourth-order valence-corrected chi connectivity index (χ4v) is 4.05. The predicted octanol–water partition coefficient (Wildman–Crippen LogP) is 5.42. The molecule has 1 fully saturated rings. The molecule has 33 heavy (non-hydrogen) atoms. The molecule has 1 amide bonds. The molecule has 1 aliphatic rings. The summed E-state index contributed by atoms with van der Waals surface area (Å²) in [6.45, 7) is 6.73. The number of rotatable bonds is 7. The van der Waals surface area contributed by atoms with Crippen LogP contribution in [0.2, 0.25) is 0 Å². The van der Waals surface area contributed by atoms with E-state index in [1.165, 1.54) is 11.2 Å². The lowest BCUT2D eigenvalue weighted by Crippen LogP contribution is -2.29. The van der Waals surface area contributed by atoms with Gasteiger partial charge in [0.25, 0.3) is 11.7 Å². The van der Waals surface area contributed by atoms with Gasteiger partial charge in [-0.25, -0.2) is 0 Å². The van der Waals surface area contributed by atoms with Crippen LogP contribution in [0.1, 0.15) is 55.2 Å². The number of furan rings is 1. The number of ether oxygens (including phenoxy) is 1. The highest BCUT2D eigenvalue weighted by Gasteiger charge is 2.46. The maximum Gasteiger partial charge on any atom is 0.296 e. The van der Waals surface area contributed by atoms with Crippen LogP contribution >= 0.6 is 0 Å². The monoisotopic (exact) mass is 445 g/mol. The van der Waals surface area contributed by atoms with E-state index < -0.39 is 17.7 Å². The summed E-state index contributed by atoms with van der Waals surface area (Å²) in [4.78, 5) is 27.6. The number of aliphatic hydroxyl groups is 1. The second kappa shape index (κ2) is 9.36. The Morgan fingerprint density at radius 2 is 1.76 bits per heavy atom. The van der Waals surface area contributed by atoms with Gasteiger partial charge in [-0.3, -0.25) is 9.59 Å². The first-order chi connectivity index (χ1) is 15.9. The number of likely N-dealkylation sites (tertiary alicyclic amines) is 1. The molecule has 1 aromatic heterocycles. The molecule has 2 heterocycles. The summed E-state index contributed by atoms with van der Waals surface area (Å²) in [6, 6.07) is 17.4. The molecule has 1 saturated heterocycles. The van der Waals surface area contributed by atoms with Crippen molar-refractivity contribution < 1.29 is 23.8 Å². The van der Waals surface area contributed by atoms with E-state index in [1.807, 2.05) is 31.2 Å². The summed E-state index contributed by atoms with van der Waals surface area (Å²) in [5.74, 6) is -0.0359. The number of aliphatic hydroxyl groups excluding tert-OH is 1. The predicted molar refractivity (Wildman–Crippen MR) is 125 cm³/mol. The van der Waals surface area contributed by atoms with Gasteiger partial charge in [0.15, 0.2) is 0 Å². The molecule has 0 saturated carbocycles. The third-order valence-electron chi connectivity index (χ3n) is 5.80. The molecule has 0 bridgehead atoms. The average molecular weight is 446 g/mol. The maximum absolute atomic E-state index is 13.1. The first-order valence-electron chi connectivity index (χ1n) is 11.0. The molecule has 3 aromatic rings. The van der Waals surface area contributed by atoms with E-state index in [2.05, 4.69) is 13.8 Å². The fraction of sp³-hybridized carbons (Fsp3) is 0.259. The topological polar surface area (TPSA) is 80.0 Å². The Balaban J connectivity index is 1.81. The van der Waals surface area contributed by atoms with Crippen LogP contribution in [0.3, 0.4) is 0 Å². The van der Waals surface area contributed by atoms with Gasteiger partial charge in [-0.15, -0.1) is 0 Å². The summed E-state index contributed by atoms with van der Waals surface area (Å²) in [5, 5.41) is 11.2. The number of carbonyl (C=O) groups excluding carboxylic acids is 2. The molecule has 2 aromatic carbocycles. The van der Waals surface area contributed by atoms with Crippen molar-refractivity contribution in [3.63, 3.8) is 0 Å². The molecule has 1 atom stereocenters. The minimum Gasteiger partial charge on any atom is -0.507 e. The highest BCUT2D eigenvalue weighted by molar-refractivity contribution is 6.46. The highest BCUT2D eigenvalue weighted by Crippen LogP contribution is 2.40. The van der Waals surface area contributed by atoms with Gasteiger partial charge < -0.3 is 19.2 Å².